The van der Waals surface area contributed by atoms with Gasteiger partial charge in [0.25, 0.3) is 5.91 Å². The van der Waals surface area contributed by atoms with E-state index in [1.54, 1.807) is 22.0 Å². The first-order valence-electron chi connectivity index (χ1n) is 17.9. The summed E-state index contributed by atoms with van der Waals surface area (Å²) in [5.41, 5.74) is 1.84. The Morgan fingerprint density at radius 2 is 1.83 bits per heavy atom. The molecule has 3 fully saturated rings. The maximum absolute atomic E-state index is 15.0. The highest BCUT2D eigenvalue weighted by atomic mass is 79.9. The van der Waals surface area contributed by atoms with Gasteiger partial charge in [-0.1, -0.05) is 76.6 Å². The number of carbonyl (C=O) groups excluding carboxylic acids is 4. The van der Waals surface area contributed by atoms with E-state index in [2.05, 4.69) is 34.4 Å². The first kappa shape index (κ1) is 39.4. The van der Waals surface area contributed by atoms with E-state index in [0.29, 0.717) is 31.2 Å². The van der Waals surface area contributed by atoms with Gasteiger partial charge in [0.15, 0.2) is 0 Å². The van der Waals surface area contributed by atoms with E-state index in [-0.39, 0.29) is 55.3 Å². The van der Waals surface area contributed by atoms with Crippen molar-refractivity contribution in [2.24, 2.45) is 11.8 Å². The Balaban J connectivity index is 1.54. The van der Waals surface area contributed by atoms with Crippen LogP contribution in [0.1, 0.15) is 54.9 Å². The Labute approximate surface area is 314 Å². The Morgan fingerprint density at radius 1 is 1.12 bits per heavy atom. The smallest absolute Gasteiger partial charge is 0.313 e. The Hall–Kier alpha value is -3.84. The molecule has 2 N–H and O–H groups in total. The minimum atomic E-state index is -1.32. The molecule has 5 rings (SSSR count). The number of aryl methyl sites for hydroxylation is 2. The summed E-state index contributed by atoms with van der Waals surface area (Å²) in [4.78, 5) is 60.1. The van der Waals surface area contributed by atoms with Crippen LogP contribution < -0.4 is 10.2 Å². The van der Waals surface area contributed by atoms with E-state index in [0.717, 1.165) is 16.8 Å². The molecule has 3 aliphatic heterocycles. The molecular formula is C40H50BrN3O8. The lowest BCUT2D eigenvalue weighted by Crippen LogP contribution is -2.57. The molecule has 52 heavy (non-hydrogen) atoms. The summed E-state index contributed by atoms with van der Waals surface area (Å²) < 4.78 is 18.6. The van der Waals surface area contributed by atoms with Crippen LogP contribution in [0.15, 0.2) is 73.8 Å². The van der Waals surface area contributed by atoms with Crippen molar-refractivity contribution in [1.82, 2.24) is 10.2 Å². The van der Waals surface area contributed by atoms with E-state index < -0.39 is 47.7 Å². The van der Waals surface area contributed by atoms with Crippen LogP contribution in [-0.4, -0.2) is 95.7 Å². The van der Waals surface area contributed by atoms with Crippen molar-refractivity contribution in [1.29, 1.82) is 0 Å². The van der Waals surface area contributed by atoms with Gasteiger partial charge in [-0.2, -0.15) is 0 Å². The zero-order chi connectivity index (χ0) is 37.6. The average Bonchev–Trinajstić information content (AvgIpc) is 3.72. The topological polar surface area (TPSA) is 135 Å². The summed E-state index contributed by atoms with van der Waals surface area (Å²) >= 11 is 3.75. The third-order valence-corrected chi connectivity index (χ3v) is 11.2. The number of nitrogens with zero attached hydrogens (tertiary/aromatic N) is 2. The van der Waals surface area contributed by atoms with E-state index in [4.69, 9.17) is 14.2 Å². The largest absolute Gasteiger partial charge is 0.455 e. The van der Waals surface area contributed by atoms with Crippen molar-refractivity contribution in [3.8, 4) is 0 Å². The molecule has 0 aromatic heterocycles. The van der Waals surface area contributed by atoms with Gasteiger partial charge in [0.2, 0.25) is 11.8 Å². The molecule has 0 radical (unpaired) electrons. The number of hydrogen-bond acceptors (Lipinski definition) is 8. The van der Waals surface area contributed by atoms with Crippen LogP contribution in [0.4, 0.5) is 5.69 Å². The fourth-order valence-corrected chi connectivity index (χ4v) is 9.18. The number of alkyl halides is 1. The lowest BCUT2D eigenvalue weighted by atomic mass is 9.70. The predicted molar refractivity (Wildman–Crippen MR) is 201 cm³/mol. The number of hydrogen-bond donors (Lipinski definition) is 2. The number of benzene rings is 2. The Bertz CT molecular complexity index is 1620. The molecule has 3 saturated heterocycles. The molecule has 8 atom stereocenters. The van der Waals surface area contributed by atoms with Gasteiger partial charge in [0, 0.05) is 43.7 Å². The van der Waals surface area contributed by atoms with Gasteiger partial charge in [-0.3, -0.25) is 19.2 Å². The van der Waals surface area contributed by atoms with E-state index in [9.17, 15) is 19.5 Å². The first-order valence-corrected chi connectivity index (χ1v) is 18.8. The minimum absolute atomic E-state index is 0.0529. The van der Waals surface area contributed by atoms with Gasteiger partial charge < -0.3 is 34.4 Å². The van der Waals surface area contributed by atoms with Gasteiger partial charge in [-0.25, -0.2) is 0 Å². The second-order valence-corrected chi connectivity index (χ2v) is 15.0. The molecule has 3 amide bonds. The molecule has 280 valence electrons. The minimum Gasteiger partial charge on any atom is -0.455 e. The second kappa shape index (κ2) is 17.3. The summed E-state index contributed by atoms with van der Waals surface area (Å²) in [5.74, 6) is -3.63. The number of ether oxygens (including phenoxy) is 3. The van der Waals surface area contributed by atoms with Crippen LogP contribution in [0.3, 0.4) is 0 Å². The number of unbranched alkanes of at least 4 members (excludes halogenated alkanes) is 1. The zero-order valence-corrected chi connectivity index (χ0v) is 31.8. The number of likely N-dealkylation sites (tertiary alicyclic amines) is 1. The number of aliphatic hydroxyl groups excluding tert-OH is 1. The number of methoxy groups -OCH3 is 1. The number of aliphatic hydroxyl groups is 1. The van der Waals surface area contributed by atoms with Crippen LogP contribution in [0.25, 0.3) is 0 Å². The quantitative estimate of drug-likeness (QED) is 0.0961. The molecule has 0 saturated carbocycles. The number of esters is 1. The number of carbonyl (C=O) groups is 4. The second-order valence-electron chi connectivity index (χ2n) is 13.8. The third kappa shape index (κ3) is 7.62. The summed E-state index contributed by atoms with van der Waals surface area (Å²) in [6.07, 6.45) is 3.51. The fourth-order valence-electron chi connectivity index (χ4n) is 8.24. The molecule has 3 aliphatic rings. The van der Waals surface area contributed by atoms with Gasteiger partial charge in [-0.15, -0.1) is 13.2 Å². The maximum Gasteiger partial charge on any atom is 0.313 e. The molecule has 2 aromatic rings. The van der Waals surface area contributed by atoms with Crippen molar-refractivity contribution in [2.75, 3.05) is 38.3 Å². The predicted octanol–water partition coefficient (Wildman–Crippen LogP) is 4.72. The summed E-state index contributed by atoms with van der Waals surface area (Å²) in [6.45, 7) is 11.9. The van der Waals surface area contributed by atoms with Crippen molar-refractivity contribution in [3.05, 3.63) is 90.5 Å². The van der Waals surface area contributed by atoms with Crippen molar-refractivity contribution in [2.45, 2.75) is 80.7 Å². The lowest BCUT2D eigenvalue weighted by Gasteiger charge is -2.38. The molecule has 1 spiro atoms. The standard InChI is InChI=1S/C40H50BrN3O8/c1-6-8-19-30(46)42-29(24-50-5)34(27-17-10-9-11-18-27)51-39(49)31-32-37(47)44(21-12-13-22-45)36(40(32)23-28(41)35(31)52-40)38(48)43(20-7-2)33-25(3)15-14-16-26(33)4/h6-7,9-11,14-18,28-29,31-32,34-36,45H,1-2,8,12-13,19-24H2,3-5H3,(H,42,46)/t28?,29-,31-,32+,34-,35-,36-,40+/m1/s1. The highest BCUT2D eigenvalue weighted by molar-refractivity contribution is 9.09. The van der Waals surface area contributed by atoms with Crippen molar-refractivity contribution < 1.29 is 38.5 Å². The molecule has 1 unspecified atom stereocenters. The highest BCUT2D eigenvalue weighted by Crippen LogP contribution is 2.60. The third-order valence-electron chi connectivity index (χ3n) is 10.4. The van der Waals surface area contributed by atoms with Crippen molar-refractivity contribution >= 4 is 45.3 Å². The number of anilines is 1. The van der Waals surface area contributed by atoms with Crippen LogP contribution in [0.2, 0.25) is 0 Å². The van der Waals surface area contributed by atoms with Crippen LogP contribution >= 0.6 is 15.9 Å². The molecule has 2 bridgehead atoms. The van der Waals surface area contributed by atoms with Crippen LogP contribution in [-0.2, 0) is 33.4 Å². The van der Waals surface area contributed by atoms with Gasteiger partial charge in [-0.05, 0) is 56.2 Å². The van der Waals surface area contributed by atoms with Crippen LogP contribution in [0, 0.1) is 25.7 Å². The molecule has 12 heteroatoms. The molecule has 11 nitrogen and oxygen atoms in total. The Kier molecular flexibility index (Phi) is 13.1. The monoisotopic (exact) mass is 779 g/mol. The highest BCUT2D eigenvalue weighted by Gasteiger charge is 2.77. The Morgan fingerprint density at radius 3 is 2.46 bits per heavy atom. The number of rotatable bonds is 18. The van der Waals surface area contributed by atoms with Crippen molar-refractivity contribution in [3.63, 3.8) is 0 Å². The fraction of sp³-hybridized carbons (Fsp3) is 0.500. The number of fused-ring (bicyclic) bond motifs is 1. The van der Waals surface area contributed by atoms with Crippen LogP contribution in [0.5, 0.6) is 0 Å². The zero-order valence-electron chi connectivity index (χ0n) is 30.2. The number of nitrogens with one attached hydrogen (secondary N) is 1. The summed E-state index contributed by atoms with van der Waals surface area (Å²) in [6, 6.07) is 13.1. The van der Waals surface area contributed by atoms with E-state index in [1.807, 2.05) is 62.4 Å². The van der Waals surface area contributed by atoms with E-state index >= 15 is 4.79 Å². The van der Waals surface area contributed by atoms with Gasteiger partial charge in [0.05, 0.1) is 30.6 Å². The number of allylic oxidation sites excluding steroid dienone is 1. The van der Waals surface area contributed by atoms with Gasteiger partial charge in [0.1, 0.15) is 17.7 Å². The SMILES string of the molecule is C=CCCC(=O)N[C@H](COC)[C@H](OC(=O)[C@H]1[C@@H]2O[C@@]3(CC2Br)[C@@H]1C(=O)N(CCCCO)[C@@H]3C(=O)N(CC=C)c1c(C)cccc1C)c1ccccc1. The molecule has 0 aliphatic carbocycles. The van der Waals surface area contributed by atoms with E-state index in [1.165, 1.54) is 7.11 Å². The molecule has 3 heterocycles. The lowest BCUT2D eigenvalue weighted by molar-refractivity contribution is -0.163. The maximum atomic E-state index is 15.0. The normalized spacial score (nSPS) is 25.7. The first-order chi connectivity index (χ1) is 25.0. The molecular weight excluding hydrogens is 730 g/mol. The molecule has 2 aromatic carbocycles. The number of halogens is 1. The van der Waals surface area contributed by atoms with Gasteiger partial charge >= 0.3 is 5.97 Å². The summed E-state index contributed by atoms with van der Waals surface area (Å²) in [5, 5.41) is 12.6. The number of amides is 3. The average molecular weight is 781 g/mol. The number of para-hydroxylation sites is 1. The summed E-state index contributed by atoms with van der Waals surface area (Å²) in [7, 11) is 1.50.